The molecule has 3 N–H and O–H groups in total. The van der Waals surface area contributed by atoms with Gasteiger partial charge >= 0.3 is 6.09 Å². The van der Waals surface area contributed by atoms with Crippen molar-refractivity contribution in [3.05, 3.63) is 66.2 Å². The first kappa shape index (κ1) is 35.0. The van der Waals surface area contributed by atoms with E-state index in [1.807, 2.05) is 93.3 Å². The van der Waals surface area contributed by atoms with Crippen LogP contribution in [0.25, 0.3) is 22.4 Å². The molecule has 0 bridgehead atoms. The fourth-order valence-electron chi connectivity index (χ4n) is 7.31. The molecule has 2 fully saturated rings. The number of carbonyl (C=O) groups is 3. The number of ether oxygens (including phenoxy) is 1. The zero-order chi connectivity index (χ0) is 34.7. The number of amides is 3. The van der Waals surface area contributed by atoms with Crippen molar-refractivity contribution in [1.29, 1.82) is 0 Å². The smallest absolute Gasteiger partial charge is 0.408 e. The largest absolute Gasteiger partial charge is 0.438 e. The zero-order valence-electron chi connectivity index (χ0n) is 29.0. The molecule has 3 aromatic rings. The van der Waals surface area contributed by atoms with Crippen LogP contribution >= 0.6 is 0 Å². The van der Waals surface area contributed by atoms with E-state index in [0.717, 1.165) is 47.9 Å². The Morgan fingerprint density at radius 1 is 0.958 bits per heavy atom. The van der Waals surface area contributed by atoms with Crippen molar-refractivity contribution in [3.8, 4) is 22.4 Å². The minimum absolute atomic E-state index is 0.0973. The number of carbonyl (C=O) groups excluding carboxylic acids is 3. The summed E-state index contributed by atoms with van der Waals surface area (Å²) in [6.07, 6.45) is 4.08. The van der Waals surface area contributed by atoms with E-state index in [-0.39, 0.29) is 36.6 Å². The monoisotopic (exact) mass is 655 g/mol. The van der Waals surface area contributed by atoms with Gasteiger partial charge in [0, 0.05) is 55.4 Å². The highest BCUT2D eigenvalue weighted by Crippen LogP contribution is 2.51. The average molecular weight is 656 g/mol. The summed E-state index contributed by atoms with van der Waals surface area (Å²) in [4.78, 5) is 39.8. The Balaban J connectivity index is 1.32. The highest BCUT2D eigenvalue weighted by molar-refractivity contribution is 5.91. The van der Waals surface area contributed by atoms with Gasteiger partial charge in [0.1, 0.15) is 11.3 Å². The van der Waals surface area contributed by atoms with Crippen molar-refractivity contribution in [3.63, 3.8) is 0 Å². The van der Waals surface area contributed by atoms with E-state index in [1.54, 1.807) is 13.8 Å². The minimum Gasteiger partial charge on any atom is -0.438 e. The molecule has 0 unspecified atom stereocenters. The van der Waals surface area contributed by atoms with Crippen LogP contribution in [0.4, 0.5) is 10.6 Å². The van der Waals surface area contributed by atoms with E-state index in [1.165, 1.54) is 0 Å². The van der Waals surface area contributed by atoms with Crippen molar-refractivity contribution >= 4 is 23.7 Å². The van der Waals surface area contributed by atoms with Gasteiger partial charge in [-0.05, 0) is 83.4 Å². The lowest BCUT2D eigenvalue weighted by molar-refractivity contribution is -0.177. The van der Waals surface area contributed by atoms with Crippen LogP contribution in [0.15, 0.2) is 60.7 Å². The molecule has 2 aromatic carbocycles. The SMILES string of the molecule is CCN(C(C)=O)C1CCC(CC(=O)Nc2cc(-c3ccccc3)c(-c3ccc(C4(OC(=O)NC(C)(C)C)CC(C)(O)C4)cc3)nn2)CC1. The second-order valence-electron chi connectivity index (χ2n) is 14.8. The lowest BCUT2D eigenvalue weighted by atomic mass is 9.65. The van der Waals surface area contributed by atoms with E-state index in [2.05, 4.69) is 20.8 Å². The maximum atomic E-state index is 13.1. The van der Waals surface area contributed by atoms with Gasteiger partial charge < -0.3 is 25.4 Å². The molecule has 2 aliphatic carbocycles. The molecule has 10 heteroatoms. The van der Waals surface area contributed by atoms with E-state index in [0.29, 0.717) is 24.5 Å². The van der Waals surface area contributed by atoms with Gasteiger partial charge in [0.05, 0.1) is 5.60 Å². The van der Waals surface area contributed by atoms with E-state index >= 15 is 0 Å². The van der Waals surface area contributed by atoms with Gasteiger partial charge in [0.25, 0.3) is 0 Å². The summed E-state index contributed by atoms with van der Waals surface area (Å²) < 4.78 is 5.95. The predicted molar refractivity (Wildman–Crippen MR) is 186 cm³/mol. The molecule has 48 heavy (non-hydrogen) atoms. The van der Waals surface area contributed by atoms with Crippen molar-refractivity contribution in [2.75, 3.05) is 11.9 Å². The highest BCUT2D eigenvalue weighted by Gasteiger charge is 2.55. The first-order chi connectivity index (χ1) is 22.7. The summed E-state index contributed by atoms with van der Waals surface area (Å²) in [7, 11) is 0. The van der Waals surface area contributed by atoms with Crippen LogP contribution in [0.2, 0.25) is 0 Å². The molecule has 2 saturated carbocycles. The van der Waals surface area contributed by atoms with Crippen molar-refractivity contribution in [2.45, 2.75) is 109 Å². The number of rotatable bonds is 9. The van der Waals surface area contributed by atoms with Crippen LogP contribution in [-0.4, -0.2) is 61.8 Å². The van der Waals surface area contributed by atoms with Crippen LogP contribution in [-0.2, 0) is 19.9 Å². The van der Waals surface area contributed by atoms with Crippen LogP contribution in [0.1, 0.15) is 92.1 Å². The van der Waals surface area contributed by atoms with Crippen LogP contribution in [0.5, 0.6) is 0 Å². The third-order valence-electron chi connectivity index (χ3n) is 9.40. The van der Waals surface area contributed by atoms with E-state index < -0.39 is 22.8 Å². The topological polar surface area (TPSA) is 134 Å². The fraction of sp³-hybridized carbons (Fsp3) is 0.500. The Bertz CT molecular complexity index is 1600. The van der Waals surface area contributed by atoms with Gasteiger partial charge in [-0.2, -0.15) is 0 Å². The number of nitrogens with one attached hydrogen (secondary N) is 2. The molecular formula is C38H49N5O5. The average Bonchev–Trinajstić information content (AvgIpc) is 3.00. The third kappa shape index (κ3) is 8.39. The van der Waals surface area contributed by atoms with Gasteiger partial charge in [-0.1, -0.05) is 54.6 Å². The highest BCUT2D eigenvalue weighted by atomic mass is 16.6. The van der Waals surface area contributed by atoms with Crippen LogP contribution < -0.4 is 10.6 Å². The fourth-order valence-corrected chi connectivity index (χ4v) is 7.31. The Morgan fingerprint density at radius 2 is 1.60 bits per heavy atom. The molecule has 0 radical (unpaired) electrons. The molecule has 2 aliphatic rings. The van der Waals surface area contributed by atoms with Gasteiger partial charge in [0.15, 0.2) is 5.82 Å². The van der Waals surface area contributed by atoms with Gasteiger partial charge in [0.2, 0.25) is 11.8 Å². The lowest BCUT2D eigenvalue weighted by Crippen LogP contribution is -2.57. The van der Waals surface area contributed by atoms with E-state index in [4.69, 9.17) is 4.74 Å². The van der Waals surface area contributed by atoms with Crippen LogP contribution in [0.3, 0.4) is 0 Å². The van der Waals surface area contributed by atoms with E-state index in [9.17, 15) is 19.5 Å². The summed E-state index contributed by atoms with van der Waals surface area (Å²) in [6.45, 7) is 11.7. The number of hydrogen-bond donors (Lipinski definition) is 3. The summed E-state index contributed by atoms with van der Waals surface area (Å²) >= 11 is 0. The Morgan fingerprint density at radius 3 is 2.17 bits per heavy atom. The van der Waals surface area contributed by atoms with Gasteiger partial charge in [-0.3, -0.25) is 9.59 Å². The zero-order valence-corrected chi connectivity index (χ0v) is 29.0. The quantitative estimate of drug-likeness (QED) is 0.230. The number of anilines is 1. The number of benzene rings is 2. The molecule has 3 amide bonds. The van der Waals surface area contributed by atoms with Crippen molar-refractivity contribution < 1.29 is 24.2 Å². The Kier molecular flexibility index (Phi) is 10.2. The molecule has 1 heterocycles. The molecule has 0 saturated heterocycles. The van der Waals surface area contributed by atoms with Gasteiger partial charge in [-0.15, -0.1) is 10.2 Å². The molecule has 0 spiro atoms. The standard InChI is InChI=1S/C38H49N5O5/c1-7-43(25(2)44)30-19-13-26(14-20-30)21-33(45)39-32-22-31(27-11-9-8-10-12-27)34(42-41-32)28-15-17-29(18-16-28)38(23-37(6,47)24-38)48-35(46)40-36(3,4)5/h8-12,15-18,22,26,30,47H,7,13-14,19-21,23-24H2,1-6H3,(H,40,46)(H,39,41,45). The minimum atomic E-state index is -0.943. The maximum Gasteiger partial charge on any atom is 0.408 e. The molecule has 0 atom stereocenters. The first-order valence-corrected chi connectivity index (χ1v) is 17.0. The second-order valence-corrected chi connectivity index (χ2v) is 14.8. The van der Waals surface area contributed by atoms with Crippen molar-refractivity contribution in [1.82, 2.24) is 20.4 Å². The number of aromatic nitrogens is 2. The molecule has 0 aliphatic heterocycles. The van der Waals surface area contributed by atoms with Crippen LogP contribution in [0, 0.1) is 5.92 Å². The Hall–Kier alpha value is -4.31. The normalized spacial score (nSPS) is 23.8. The van der Waals surface area contributed by atoms with Crippen molar-refractivity contribution in [2.24, 2.45) is 5.92 Å². The first-order valence-electron chi connectivity index (χ1n) is 17.0. The summed E-state index contributed by atoms with van der Waals surface area (Å²) in [5, 5.41) is 25.4. The Labute approximate surface area is 283 Å². The summed E-state index contributed by atoms with van der Waals surface area (Å²) in [5.41, 5.74) is 1.67. The number of aliphatic hydroxyl groups is 1. The predicted octanol–water partition coefficient (Wildman–Crippen LogP) is 6.83. The molecule has 5 rings (SSSR count). The lowest BCUT2D eigenvalue weighted by Gasteiger charge is -2.51. The molecule has 1 aromatic heterocycles. The number of nitrogens with zero attached hydrogens (tertiary/aromatic N) is 3. The second kappa shape index (κ2) is 14.0. The van der Waals surface area contributed by atoms with Gasteiger partial charge in [-0.25, -0.2) is 4.79 Å². The number of alkyl carbamates (subject to hydrolysis) is 1. The molecule has 10 nitrogen and oxygen atoms in total. The molecule has 256 valence electrons. The molecular weight excluding hydrogens is 606 g/mol. The summed E-state index contributed by atoms with van der Waals surface area (Å²) in [6, 6.07) is 19.6. The maximum absolute atomic E-state index is 13.1. The number of hydrogen-bond acceptors (Lipinski definition) is 7. The third-order valence-corrected chi connectivity index (χ3v) is 9.40. The summed E-state index contributed by atoms with van der Waals surface area (Å²) in [5.74, 6) is 0.657.